The average Bonchev–Trinajstić information content (AvgIpc) is 2.76. The second kappa shape index (κ2) is 3.72. The van der Waals surface area contributed by atoms with E-state index in [2.05, 4.69) is 48.3 Å². The molecule has 0 aliphatic carbocycles. The number of pyridine rings is 1. The van der Waals surface area contributed by atoms with Gasteiger partial charge in [-0.1, -0.05) is 30.3 Å². The minimum Gasteiger partial charge on any atom is -0.260 e. The summed E-state index contributed by atoms with van der Waals surface area (Å²) in [6.45, 7) is 2.06. The summed E-state index contributed by atoms with van der Waals surface area (Å²) in [4.78, 5) is 5.64. The molecule has 0 bridgehead atoms. The molecule has 3 rings (SSSR count). The molecule has 2 aromatic heterocycles. The fourth-order valence-electron chi connectivity index (χ4n) is 1.84. The Balaban J connectivity index is 2.23. The molecule has 0 unspecified atom stereocenters. The van der Waals surface area contributed by atoms with Crippen LogP contribution in [0.5, 0.6) is 0 Å². The van der Waals surface area contributed by atoms with Crippen LogP contribution < -0.4 is 0 Å². The van der Waals surface area contributed by atoms with Gasteiger partial charge in [0.1, 0.15) is 0 Å². The third-order valence-corrected chi connectivity index (χ3v) is 3.98. The van der Waals surface area contributed by atoms with Gasteiger partial charge < -0.3 is 0 Å². The second-order valence-corrected chi connectivity index (χ2v) is 4.84. The molecular weight excluding hydrogens is 214 g/mol. The predicted molar refractivity (Wildman–Crippen MR) is 69.8 cm³/mol. The van der Waals surface area contributed by atoms with Crippen molar-refractivity contribution in [3.8, 4) is 10.4 Å². The van der Waals surface area contributed by atoms with Crippen molar-refractivity contribution < 1.29 is 0 Å². The van der Waals surface area contributed by atoms with E-state index >= 15 is 0 Å². The lowest BCUT2D eigenvalue weighted by molar-refractivity contribution is 1.24. The fraction of sp³-hybridized carbons (Fsp3) is 0.0714. The number of fused-ring (bicyclic) bond motifs is 1. The van der Waals surface area contributed by atoms with Crippen molar-refractivity contribution in [3.63, 3.8) is 0 Å². The van der Waals surface area contributed by atoms with E-state index in [0.29, 0.717) is 0 Å². The Bertz CT molecular complexity index is 626. The standard InChI is InChI=1S/C14H11NS/c1-10-14-12(7-8-15-10)9-13(16-14)11-5-3-2-4-6-11/h2-9H,1H3. The molecule has 0 aliphatic heterocycles. The molecule has 1 nitrogen and oxygen atoms in total. The molecule has 78 valence electrons. The Hall–Kier alpha value is -1.67. The molecule has 0 fully saturated rings. The van der Waals surface area contributed by atoms with Crippen LogP contribution in [0.1, 0.15) is 5.69 Å². The molecule has 0 saturated heterocycles. The Morgan fingerprint density at radius 2 is 1.88 bits per heavy atom. The molecule has 0 atom stereocenters. The highest BCUT2D eigenvalue weighted by Crippen LogP contribution is 2.34. The van der Waals surface area contributed by atoms with Crippen molar-refractivity contribution in [2.24, 2.45) is 0 Å². The zero-order chi connectivity index (χ0) is 11.0. The highest BCUT2D eigenvalue weighted by atomic mass is 32.1. The Kier molecular flexibility index (Phi) is 2.22. The molecule has 2 heteroatoms. The van der Waals surface area contributed by atoms with Gasteiger partial charge in [0.2, 0.25) is 0 Å². The lowest BCUT2D eigenvalue weighted by Crippen LogP contribution is -1.76. The number of aryl methyl sites for hydroxylation is 1. The van der Waals surface area contributed by atoms with Gasteiger partial charge in [-0.05, 0) is 30.0 Å². The van der Waals surface area contributed by atoms with Crippen LogP contribution in [0.3, 0.4) is 0 Å². The Labute approximate surface area is 98.4 Å². The van der Waals surface area contributed by atoms with Gasteiger partial charge in [0.15, 0.2) is 0 Å². The molecule has 2 heterocycles. The maximum atomic E-state index is 4.32. The third-order valence-electron chi connectivity index (χ3n) is 2.67. The Morgan fingerprint density at radius 3 is 2.62 bits per heavy atom. The zero-order valence-electron chi connectivity index (χ0n) is 8.97. The van der Waals surface area contributed by atoms with E-state index in [0.717, 1.165) is 5.69 Å². The van der Waals surface area contributed by atoms with Crippen LogP contribution in [0.15, 0.2) is 48.7 Å². The molecule has 1 aromatic carbocycles. The van der Waals surface area contributed by atoms with Crippen molar-refractivity contribution in [2.45, 2.75) is 6.92 Å². The van der Waals surface area contributed by atoms with Gasteiger partial charge in [0.25, 0.3) is 0 Å². The lowest BCUT2D eigenvalue weighted by atomic mass is 10.2. The summed E-state index contributed by atoms with van der Waals surface area (Å²) in [5.74, 6) is 0. The SMILES string of the molecule is Cc1nccc2cc(-c3ccccc3)sc12. The normalized spacial score (nSPS) is 10.8. The molecular formula is C14H11NS. The number of hydrogen-bond donors (Lipinski definition) is 0. The van der Waals surface area contributed by atoms with Crippen LogP contribution in [0.4, 0.5) is 0 Å². The predicted octanol–water partition coefficient (Wildman–Crippen LogP) is 4.27. The minimum atomic E-state index is 1.12. The molecule has 0 radical (unpaired) electrons. The monoisotopic (exact) mass is 225 g/mol. The maximum Gasteiger partial charge on any atom is 0.0562 e. The van der Waals surface area contributed by atoms with Crippen molar-refractivity contribution in [1.29, 1.82) is 0 Å². The molecule has 0 N–H and O–H groups in total. The maximum absolute atomic E-state index is 4.32. The molecule has 0 spiro atoms. The summed E-state index contributed by atoms with van der Waals surface area (Å²) in [6.07, 6.45) is 1.87. The van der Waals surface area contributed by atoms with Gasteiger partial charge in [-0.2, -0.15) is 0 Å². The number of thiophene rings is 1. The van der Waals surface area contributed by atoms with Crippen LogP contribution in [0.25, 0.3) is 20.5 Å². The number of benzene rings is 1. The van der Waals surface area contributed by atoms with Gasteiger partial charge in [-0.3, -0.25) is 4.98 Å². The quantitative estimate of drug-likeness (QED) is 0.602. The van der Waals surface area contributed by atoms with Gasteiger partial charge in [-0.15, -0.1) is 11.3 Å². The third kappa shape index (κ3) is 1.51. The largest absolute Gasteiger partial charge is 0.260 e. The van der Waals surface area contributed by atoms with Crippen LogP contribution >= 0.6 is 11.3 Å². The first-order valence-corrected chi connectivity index (χ1v) is 6.07. The summed E-state index contributed by atoms with van der Waals surface area (Å²) in [5, 5.41) is 1.29. The first-order valence-electron chi connectivity index (χ1n) is 5.25. The number of rotatable bonds is 1. The first kappa shape index (κ1) is 9.55. The number of hydrogen-bond acceptors (Lipinski definition) is 2. The molecule has 0 amide bonds. The van der Waals surface area contributed by atoms with Gasteiger partial charge >= 0.3 is 0 Å². The molecule has 16 heavy (non-hydrogen) atoms. The highest BCUT2D eigenvalue weighted by molar-refractivity contribution is 7.22. The number of aromatic nitrogens is 1. The summed E-state index contributed by atoms with van der Waals surface area (Å²) in [6, 6.07) is 14.8. The smallest absolute Gasteiger partial charge is 0.0562 e. The van der Waals surface area contributed by atoms with E-state index < -0.39 is 0 Å². The summed E-state index contributed by atoms with van der Waals surface area (Å²) >= 11 is 1.81. The van der Waals surface area contributed by atoms with Crippen LogP contribution in [0.2, 0.25) is 0 Å². The van der Waals surface area contributed by atoms with E-state index in [-0.39, 0.29) is 0 Å². The number of nitrogens with zero attached hydrogens (tertiary/aromatic N) is 1. The van der Waals surface area contributed by atoms with Crippen molar-refractivity contribution in [3.05, 3.63) is 54.4 Å². The molecule has 0 aliphatic rings. The summed E-state index contributed by atoms with van der Waals surface area (Å²) < 4.78 is 1.29. The average molecular weight is 225 g/mol. The topological polar surface area (TPSA) is 12.9 Å². The van der Waals surface area contributed by atoms with Crippen molar-refractivity contribution in [2.75, 3.05) is 0 Å². The van der Waals surface area contributed by atoms with Crippen LogP contribution in [-0.4, -0.2) is 4.98 Å². The van der Waals surface area contributed by atoms with E-state index in [9.17, 15) is 0 Å². The van der Waals surface area contributed by atoms with E-state index in [1.807, 2.05) is 23.6 Å². The zero-order valence-corrected chi connectivity index (χ0v) is 9.79. The van der Waals surface area contributed by atoms with E-state index in [1.165, 1.54) is 20.5 Å². The van der Waals surface area contributed by atoms with E-state index in [4.69, 9.17) is 0 Å². The first-order chi connectivity index (χ1) is 7.84. The van der Waals surface area contributed by atoms with Crippen molar-refractivity contribution in [1.82, 2.24) is 4.98 Å². The van der Waals surface area contributed by atoms with Crippen LogP contribution in [-0.2, 0) is 0 Å². The lowest BCUT2D eigenvalue weighted by Gasteiger charge is -1.93. The summed E-state index contributed by atoms with van der Waals surface area (Å²) in [5.41, 5.74) is 2.40. The second-order valence-electron chi connectivity index (χ2n) is 3.79. The van der Waals surface area contributed by atoms with Gasteiger partial charge in [-0.25, -0.2) is 0 Å². The van der Waals surface area contributed by atoms with Gasteiger partial charge in [0, 0.05) is 11.1 Å². The molecule has 3 aromatic rings. The molecule has 0 saturated carbocycles. The van der Waals surface area contributed by atoms with Gasteiger partial charge in [0.05, 0.1) is 10.4 Å². The highest BCUT2D eigenvalue weighted by Gasteiger charge is 2.05. The summed E-state index contributed by atoms with van der Waals surface area (Å²) in [7, 11) is 0. The van der Waals surface area contributed by atoms with Crippen molar-refractivity contribution >= 4 is 21.4 Å². The fourth-order valence-corrected chi connectivity index (χ4v) is 2.95. The Morgan fingerprint density at radius 1 is 1.06 bits per heavy atom. The van der Waals surface area contributed by atoms with E-state index in [1.54, 1.807) is 0 Å². The van der Waals surface area contributed by atoms with Crippen LogP contribution in [0, 0.1) is 6.92 Å². The minimum absolute atomic E-state index is 1.12.